The van der Waals surface area contributed by atoms with Crippen molar-refractivity contribution in [3.05, 3.63) is 83.1 Å². The molecule has 53 nitrogen and oxygen atoms in total. The number of aromatic nitrogens is 24. The van der Waals surface area contributed by atoms with Crippen LogP contribution >= 0.6 is 35.5 Å². The molecule has 0 aliphatic heterocycles. The van der Waals surface area contributed by atoms with Gasteiger partial charge in [-0.1, -0.05) is 12.2 Å². The SMILES string of the molecule is CN(CCN)c1cc(=O)[nH]o1.CN(CCN)c1cc(=O)[nH]s1.CN(CCN)c1cn[nH]n1.CN(CCN)c1cn[nH]n1.CN(CCN)c1n[nH][nH]c1=S.CN(CCN)c1n[nH]c(N)n1.CN(CCN)c1n[nH]nc1F.CN(CCN)c1ncn[nH]1.CN(CCN)c1noc(=O)[nH]1.CN(CCN)c1ns[nH]c1=O.O=C=O. The summed E-state index contributed by atoms with van der Waals surface area (Å²) in [6, 6.07) is 2.95. The Morgan fingerprint density at radius 2 is 1.00 bits per heavy atom. The normalized spacial score (nSPS) is 9.75. The van der Waals surface area contributed by atoms with Crippen LogP contribution in [0, 0.1) is 10.6 Å². The molecular weight excluding hydrogens is 1510 g/mol. The Labute approximate surface area is 642 Å². The minimum atomic E-state index is -0.596. The molecule has 0 saturated heterocycles. The lowest BCUT2D eigenvalue weighted by molar-refractivity contribution is -0.191. The molecule has 0 bridgehead atoms. The van der Waals surface area contributed by atoms with Gasteiger partial charge in [-0.15, -0.1) is 30.6 Å². The average molecular weight is 1620 g/mol. The molecule has 10 aromatic heterocycles. The number of nitrogens with two attached hydrogens (primary N) is 11. The van der Waals surface area contributed by atoms with E-state index in [9.17, 15) is 23.6 Å². The topological polar surface area (TPSA) is 789 Å². The lowest BCUT2D eigenvalue weighted by Gasteiger charge is -2.13. The first-order valence-electron chi connectivity index (χ1n) is 32.7. The summed E-state index contributed by atoms with van der Waals surface area (Å²) in [5.41, 5.74) is 58.1. The number of likely N-dealkylation sites (N-methyl/N-ethyl adjacent to an activating group) is 10. The molecule has 0 spiro atoms. The fourth-order valence-electron chi connectivity index (χ4n) is 7.29. The fourth-order valence-corrected chi connectivity index (χ4v) is 8.75. The van der Waals surface area contributed by atoms with Gasteiger partial charge in [-0.2, -0.15) is 64.4 Å². The Morgan fingerprint density at radius 1 is 0.518 bits per heavy atom. The number of aromatic amines is 11. The number of halogens is 1. The number of nitrogens with zero attached hydrogens (tertiary/aromatic N) is 23. The first-order chi connectivity index (χ1) is 52.6. The molecule has 618 valence electrons. The Bertz CT molecular complexity index is 3790. The van der Waals surface area contributed by atoms with Crippen molar-refractivity contribution in [1.82, 2.24) is 120 Å². The highest BCUT2D eigenvalue weighted by Crippen LogP contribution is 2.14. The second kappa shape index (κ2) is 59.5. The Morgan fingerprint density at radius 3 is 1.38 bits per heavy atom. The van der Waals surface area contributed by atoms with Gasteiger partial charge >= 0.3 is 17.5 Å². The summed E-state index contributed by atoms with van der Waals surface area (Å²) in [6.45, 7) is 12.8. The van der Waals surface area contributed by atoms with Gasteiger partial charge in [0.25, 0.3) is 17.1 Å². The van der Waals surface area contributed by atoms with Crippen molar-refractivity contribution in [2.75, 3.05) is 256 Å². The maximum Gasteiger partial charge on any atom is 0.440 e. The molecule has 10 rings (SSSR count). The van der Waals surface area contributed by atoms with Crippen LogP contribution in [0.5, 0.6) is 0 Å². The molecule has 33 N–H and O–H groups in total. The number of hydrogen-bond acceptors (Lipinski definition) is 45. The molecule has 110 heavy (non-hydrogen) atoms. The van der Waals surface area contributed by atoms with E-state index in [2.05, 4.69) is 125 Å². The van der Waals surface area contributed by atoms with Crippen LogP contribution in [0.2, 0.25) is 0 Å². The molecule has 0 aliphatic carbocycles. The van der Waals surface area contributed by atoms with E-state index < -0.39 is 11.7 Å². The number of anilines is 11. The van der Waals surface area contributed by atoms with Crippen molar-refractivity contribution in [3.63, 3.8) is 0 Å². The third-order valence-electron chi connectivity index (χ3n) is 13.0. The van der Waals surface area contributed by atoms with Gasteiger partial charge in [-0.3, -0.25) is 37.7 Å². The molecule has 0 atom stereocenters. The second-order valence-corrected chi connectivity index (χ2v) is 23.4. The van der Waals surface area contributed by atoms with Gasteiger partial charge in [0.2, 0.25) is 41.3 Å². The molecule has 0 aromatic carbocycles. The number of H-pyrrole nitrogens is 11. The van der Waals surface area contributed by atoms with Crippen LogP contribution < -0.4 is 135 Å². The standard InChI is InChI=1S/C6H11N3O2.C6H11N3OS.C5H10FN5.C5H12N6.C5H11N5S.3C5H11N5.C5H10N4O2.C5H10N4OS.CO2/c2*1-9(3-2-7)6-4-5(10)8-11-6;1-11(3-2-7)5-4(6)8-10-9-5;1-11(3-2-6)5-8-4(7)9-10-5;1-10(3-2-6)4-5(11)8-9-7-4;1-10(3-2-6)5-7-4-8-9-5;2*1-10(3-2-6)5-4-7-9-8-5;1-9(3-2-6)4-7-5(10)11-8-4;1-9(3-2-6)4-5(10)8-11-7-4;2-1-3/h2*4H,2-3,7H2,1H3,(H,8,10);2-3,7H2,1H3,(H,8,9,10);2-3,6H2,1H3,(H3,7,8,9,10);2-3,6H2,1H3,(H2,7,8,9,11);3*4H,2-3,6H2,1H3,(H,7,8,9);2-3,6H2,1H3,(H,7,8,10);2-3,6H2,1H3,(H,8,10);. The smallest absolute Gasteiger partial charge is 0.368 e. The molecular formula is C53H108FN45O8S3. The summed E-state index contributed by atoms with van der Waals surface area (Å²) < 4.78 is 31.3. The highest BCUT2D eigenvalue weighted by molar-refractivity contribution is 7.71. The van der Waals surface area contributed by atoms with E-state index in [1.807, 2.05) is 71.7 Å². The van der Waals surface area contributed by atoms with E-state index in [1.165, 1.54) is 23.9 Å². The van der Waals surface area contributed by atoms with E-state index in [4.69, 9.17) is 89.4 Å². The van der Waals surface area contributed by atoms with Gasteiger partial charge in [0.1, 0.15) is 11.3 Å². The monoisotopic (exact) mass is 1620 g/mol. The molecule has 0 amide bonds. The molecule has 0 saturated carbocycles. The van der Waals surface area contributed by atoms with Crippen molar-refractivity contribution in [2.45, 2.75) is 0 Å². The van der Waals surface area contributed by atoms with E-state index in [1.54, 1.807) is 66.3 Å². The summed E-state index contributed by atoms with van der Waals surface area (Å²) >= 11 is 7.32. The maximum absolute atomic E-state index is 12.6. The third kappa shape index (κ3) is 41.6. The number of carbonyl (C=O) groups excluding carboxylic acids is 2. The third-order valence-corrected chi connectivity index (χ3v) is 14.7. The van der Waals surface area contributed by atoms with Crippen molar-refractivity contribution in [2.24, 2.45) is 57.3 Å². The van der Waals surface area contributed by atoms with Crippen LogP contribution in [0.15, 0.2) is 59.1 Å². The van der Waals surface area contributed by atoms with Crippen molar-refractivity contribution in [3.8, 4) is 0 Å². The van der Waals surface area contributed by atoms with Crippen LogP contribution in [0.3, 0.4) is 0 Å². The molecule has 0 fully saturated rings. The van der Waals surface area contributed by atoms with Gasteiger partial charge in [-0.05, 0) is 16.7 Å². The largest absolute Gasteiger partial charge is 0.440 e. The lowest BCUT2D eigenvalue weighted by atomic mass is 10.5. The fraction of sp³-hybridized carbons (Fsp3) is 0.566. The van der Waals surface area contributed by atoms with Crippen molar-refractivity contribution >= 4 is 105 Å². The zero-order chi connectivity index (χ0) is 82.8. The summed E-state index contributed by atoms with van der Waals surface area (Å²) in [7, 11) is 18.5. The minimum Gasteiger partial charge on any atom is -0.368 e. The first kappa shape index (κ1) is 98.5. The molecule has 0 unspecified atom stereocenters. The van der Waals surface area contributed by atoms with Gasteiger partial charge in [0, 0.05) is 219 Å². The van der Waals surface area contributed by atoms with E-state index in [0.29, 0.717) is 126 Å². The van der Waals surface area contributed by atoms with Crippen molar-refractivity contribution in [1.29, 1.82) is 0 Å². The highest BCUT2D eigenvalue weighted by atomic mass is 32.1. The average Bonchev–Trinajstić information content (AvgIpc) is 1.77. The summed E-state index contributed by atoms with van der Waals surface area (Å²) in [5.74, 6) is 4.46. The highest BCUT2D eigenvalue weighted by Gasteiger charge is 2.12. The molecule has 0 radical (unpaired) electrons. The van der Waals surface area contributed by atoms with Crippen LogP contribution in [0.4, 0.5) is 68.2 Å². The van der Waals surface area contributed by atoms with E-state index in [-0.39, 0.29) is 28.6 Å². The molecule has 10 heterocycles. The van der Waals surface area contributed by atoms with Crippen LogP contribution in [-0.2, 0) is 9.59 Å². The summed E-state index contributed by atoms with van der Waals surface area (Å²) in [4.78, 5) is 87.4. The Kier molecular flexibility index (Phi) is 53.3. The number of rotatable bonds is 30. The molecule has 0 aliphatic rings. The summed E-state index contributed by atoms with van der Waals surface area (Å²) in [6.07, 6.45) is 5.05. The van der Waals surface area contributed by atoms with Gasteiger partial charge in [-0.25, -0.2) is 20.2 Å². The maximum atomic E-state index is 12.6. The minimum absolute atomic E-state index is 0.0473. The van der Waals surface area contributed by atoms with E-state index >= 15 is 0 Å². The van der Waals surface area contributed by atoms with Gasteiger partial charge in [0.15, 0.2) is 22.1 Å². The molecule has 57 heteroatoms. The Hall–Kier alpha value is -11.5. The zero-order valence-electron chi connectivity index (χ0n) is 63.0. The quantitative estimate of drug-likeness (QED) is 0.0186. The second-order valence-electron chi connectivity index (χ2n) is 21.6. The number of nitrogens with one attached hydrogen (secondary N) is 11. The predicted octanol–water partition coefficient (Wildman–Crippen LogP) is -7.82. The number of hydrogen-bond donors (Lipinski definition) is 22. The summed E-state index contributed by atoms with van der Waals surface area (Å²) in [5, 5.41) is 57.7. The van der Waals surface area contributed by atoms with Crippen molar-refractivity contribution < 1.29 is 23.0 Å². The van der Waals surface area contributed by atoms with Gasteiger partial charge < -0.3 is 117 Å². The zero-order valence-corrected chi connectivity index (χ0v) is 65.5. The van der Waals surface area contributed by atoms with Crippen LogP contribution in [0.1, 0.15) is 0 Å². The molecule has 10 aromatic rings. The number of nitrogen functional groups attached to an aromatic ring is 1. The van der Waals surface area contributed by atoms with Gasteiger partial charge in [0.05, 0.1) is 18.5 Å². The Balaban J connectivity index is 0.00000120. The first-order valence-corrected chi connectivity index (χ1v) is 34.7. The predicted molar refractivity (Wildman–Crippen MR) is 422 cm³/mol. The van der Waals surface area contributed by atoms with Crippen LogP contribution in [-0.4, -0.2) is 328 Å². The van der Waals surface area contributed by atoms with Crippen LogP contribution in [0.25, 0.3) is 0 Å². The van der Waals surface area contributed by atoms with E-state index in [0.717, 1.165) is 79.4 Å². The lowest BCUT2D eigenvalue weighted by Crippen LogP contribution is -2.28.